The fourth-order valence-electron chi connectivity index (χ4n) is 1.56. The van der Waals surface area contributed by atoms with Gasteiger partial charge in [-0.05, 0) is 23.8 Å². The van der Waals surface area contributed by atoms with Crippen LogP contribution in [0.3, 0.4) is 0 Å². The van der Waals surface area contributed by atoms with Crippen molar-refractivity contribution >= 4 is 13.3 Å². The van der Waals surface area contributed by atoms with E-state index < -0.39 is 17.5 Å². The van der Waals surface area contributed by atoms with Crippen LogP contribution in [0.5, 0.6) is 0 Å². The fourth-order valence-corrected chi connectivity index (χ4v) is 1.56. The van der Waals surface area contributed by atoms with E-state index in [9.17, 15) is 13.2 Å². The van der Waals surface area contributed by atoms with Gasteiger partial charge < -0.3 is 0 Å². The summed E-state index contributed by atoms with van der Waals surface area (Å²) in [6.07, 6.45) is 0. The molecule has 4 heteroatoms. The summed E-state index contributed by atoms with van der Waals surface area (Å²) >= 11 is 0. The summed E-state index contributed by atoms with van der Waals surface area (Å²) in [5, 5.41) is 0. The van der Waals surface area contributed by atoms with Gasteiger partial charge in [-0.1, -0.05) is 17.6 Å². The molecule has 16 heavy (non-hydrogen) atoms. The summed E-state index contributed by atoms with van der Waals surface area (Å²) in [5.41, 5.74) is 1.16. The van der Waals surface area contributed by atoms with Gasteiger partial charge in [-0.25, -0.2) is 13.2 Å². The van der Waals surface area contributed by atoms with Gasteiger partial charge in [0.15, 0.2) is 0 Å². The molecular formula is C12H8BF3. The molecular weight excluding hydrogens is 212 g/mol. The van der Waals surface area contributed by atoms with E-state index in [1.54, 1.807) is 13.9 Å². The van der Waals surface area contributed by atoms with Crippen LogP contribution in [0.1, 0.15) is 0 Å². The van der Waals surface area contributed by atoms with Crippen molar-refractivity contribution in [3.63, 3.8) is 0 Å². The van der Waals surface area contributed by atoms with Gasteiger partial charge in [0.05, 0.1) is 0 Å². The number of benzene rings is 2. The smallest absolute Gasteiger partial charge is 0.139 e. The molecule has 0 fully saturated rings. The van der Waals surface area contributed by atoms with Gasteiger partial charge in [-0.15, -0.1) is 0 Å². The number of hydrogen-bond acceptors (Lipinski definition) is 0. The summed E-state index contributed by atoms with van der Waals surface area (Å²) < 4.78 is 39.5. The zero-order valence-corrected chi connectivity index (χ0v) is 8.60. The predicted molar refractivity (Wildman–Crippen MR) is 59.9 cm³/mol. The standard InChI is InChI=1S/C12H8BF3/c13-8-1-2-11(12(16)5-8)7-3-9(14)6-10(15)4-7/h1-6H,13H2. The first kappa shape index (κ1) is 10.8. The Morgan fingerprint density at radius 2 is 1.44 bits per heavy atom. The highest BCUT2D eigenvalue weighted by atomic mass is 19.1. The van der Waals surface area contributed by atoms with Crippen molar-refractivity contribution in [2.24, 2.45) is 0 Å². The first-order valence-electron chi connectivity index (χ1n) is 4.79. The Balaban J connectivity index is 2.58. The summed E-state index contributed by atoms with van der Waals surface area (Å²) in [6, 6.07) is 7.52. The lowest BCUT2D eigenvalue weighted by atomic mass is 9.93. The molecule has 0 spiro atoms. The second-order valence-corrected chi connectivity index (χ2v) is 3.64. The number of hydrogen-bond donors (Lipinski definition) is 0. The van der Waals surface area contributed by atoms with Crippen molar-refractivity contribution < 1.29 is 13.2 Å². The molecule has 0 aromatic heterocycles. The largest absolute Gasteiger partial charge is 0.207 e. The topological polar surface area (TPSA) is 0 Å². The number of rotatable bonds is 1. The molecule has 2 rings (SSSR count). The second-order valence-electron chi connectivity index (χ2n) is 3.64. The molecule has 0 amide bonds. The van der Waals surface area contributed by atoms with E-state index in [4.69, 9.17) is 0 Å². The Morgan fingerprint density at radius 3 is 2.00 bits per heavy atom. The van der Waals surface area contributed by atoms with E-state index in [1.807, 2.05) is 0 Å². The van der Waals surface area contributed by atoms with Crippen LogP contribution in [-0.2, 0) is 0 Å². The van der Waals surface area contributed by atoms with E-state index in [0.717, 1.165) is 23.7 Å². The van der Waals surface area contributed by atoms with E-state index in [1.165, 1.54) is 12.1 Å². The van der Waals surface area contributed by atoms with Crippen LogP contribution in [0.4, 0.5) is 13.2 Å². The van der Waals surface area contributed by atoms with E-state index in [0.29, 0.717) is 0 Å². The van der Waals surface area contributed by atoms with Crippen molar-refractivity contribution in [1.29, 1.82) is 0 Å². The maximum Gasteiger partial charge on any atom is 0.139 e. The molecule has 0 bridgehead atoms. The molecule has 0 heterocycles. The maximum absolute atomic E-state index is 13.6. The third-order valence-electron chi connectivity index (χ3n) is 2.30. The highest BCUT2D eigenvalue weighted by Gasteiger charge is 2.07. The van der Waals surface area contributed by atoms with Crippen LogP contribution >= 0.6 is 0 Å². The van der Waals surface area contributed by atoms with Gasteiger partial charge in [0.2, 0.25) is 0 Å². The molecule has 0 aliphatic heterocycles. The van der Waals surface area contributed by atoms with Gasteiger partial charge in [0.1, 0.15) is 25.3 Å². The molecule has 0 aliphatic carbocycles. The van der Waals surface area contributed by atoms with Gasteiger partial charge in [0, 0.05) is 11.6 Å². The summed E-state index contributed by atoms with van der Waals surface area (Å²) in [7, 11) is 1.75. The third kappa shape index (κ3) is 2.11. The second kappa shape index (κ2) is 4.04. The van der Waals surface area contributed by atoms with Crippen LogP contribution < -0.4 is 5.46 Å². The minimum Gasteiger partial charge on any atom is -0.207 e. The summed E-state index contributed by atoms with van der Waals surface area (Å²) in [4.78, 5) is 0. The van der Waals surface area contributed by atoms with Crippen molar-refractivity contribution in [2.75, 3.05) is 0 Å². The predicted octanol–water partition coefficient (Wildman–Crippen LogP) is 2.03. The Morgan fingerprint density at radius 1 is 0.812 bits per heavy atom. The number of halogens is 3. The maximum atomic E-state index is 13.6. The van der Waals surface area contributed by atoms with E-state index >= 15 is 0 Å². The Bertz CT molecular complexity index is 518. The molecule has 0 radical (unpaired) electrons. The van der Waals surface area contributed by atoms with Gasteiger partial charge in [0.25, 0.3) is 0 Å². The molecule has 80 valence electrons. The van der Waals surface area contributed by atoms with Gasteiger partial charge in [-0.2, -0.15) is 0 Å². The van der Waals surface area contributed by atoms with Crippen LogP contribution in [-0.4, -0.2) is 7.85 Å². The van der Waals surface area contributed by atoms with Crippen LogP contribution in [0.25, 0.3) is 11.1 Å². The van der Waals surface area contributed by atoms with Crippen molar-refractivity contribution in [1.82, 2.24) is 0 Å². The Labute approximate surface area is 92.1 Å². The Hall–Kier alpha value is -1.71. The van der Waals surface area contributed by atoms with Crippen LogP contribution in [0, 0.1) is 17.5 Å². The van der Waals surface area contributed by atoms with E-state index in [-0.39, 0.29) is 11.1 Å². The average Bonchev–Trinajstić information content (AvgIpc) is 2.15. The fraction of sp³-hybridized carbons (Fsp3) is 0. The summed E-state index contributed by atoms with van der Waals surface area (Å²) in [5.74, 6) is -1.91. The first-order chi connectivity index (χ1) is 7.56. The molecule has 0 unspecified atom stereocenters. The van der Waals surface area contributed by atoms with Crippen LogP contribution in [0.2, 0.25) is 0 Å². The average molecular weight is 220 g/mol. The zero-order valence-electron chi connectivity index (χ0n) is 8.60. The third-order valence-corrected chi connectivity index (χ3v) is 2.30. The lowest BCUT2D eigenvalue weighted by molar-refractivity contribution is 0.583. The quantitative estimate of drug-likeness (QED) is 0.645. The highest BCUT2D eigenvalue weighted by molar-refractivity contribution is 6.32. The molecule has 0 aliphatic rings. The first-order valence-corrected chi connectivity index (χ1v) is 4.79. The Kier molecular flexibility index (Phi) is 2.73. The molecule has 0 atom stereocenters. The molecule has 0 saturated heterocycles. The SMILES string of the molecule is Bc1ccc(-c2cc(F)cc(F)c2)c(F)c1. The molecule has 2 aromatic carbocycles. The zero-order chi connectivity index (χ0) is 11.7. The molecule has 0 N–H and O–H groups in total. The molecule has 0 saturated carbocycles. The summed E-state index contributed by atoms with van der Waals surface area (Å²) in [6.45, 7) is 0. The lowest BCUT2D eigenvalue weighted by Crippen LogP contribution is -2.02. The minimum atomic E-state index is -0.713. The van der Waals surface area contributed by atoms with Crippen molar-refractivity contribution in [2.45, 2.75) is 0 Å². The van der Waals surface area contributed by atoms with Crippen molar-refractivity contribution in [3.8, 4) is 11.1 Å². The van der Waals surface area contributed by atoms with Crippen LogP contribution in [0.15, 0.2) is 36.4 Å². The highest BCUT2D eigenvalue weighted by Crippen LogP contribution is 2.23. The lowest BCUT2D eigenvalue weighted by Gasteiger charge is -2.05. The molecule has 0 nitrogen and oxygen atoms in total. The van der Waals surface area contributed by atoms with E-state index in [2.05, 4.69) is 0 Å². The minimum absolute atomic E-state index is 0.198. The van der Waals surface area contributed by atoms with Gasteiger partial charge >= 0.3 is 0 Å². The molecule has 2 aromatic rings. The van der Waals surface area contributed by atoms with Gasteiger partial charge in [-0.3, -0.25) is 0 Å². The normalized spacial score (nSPS) is 10.4. The monoisotopic (exact) mass is 220 g/mol. The van der Waals surface area contributed by atoms with Crippen molar-refractivity contribution in [3.05, 3.63) is 53.8 Å².